The summed E-state index contributed by atoms with van der Waals surface area (Å²) in [5.41, 5.74) is 9.37. The van der Waals surface area contributed by atoms with E-state index in [-0.39, 0.29) is 5.91 Å². The molecule has 3 rings (SSSR count). The molecule has 2 amide bonds. The molecule has 1 aromatic heterocycles. The maximum atomic E-state index is 13.0. The van der Waals surface area contributed by atoms with Gasteiger partial charge in [-0.05, 0) is 89.0 Å². The number of nitrogen functional groups attached to an aromatic ring is 1. The van der Waals surface area contributed by atoms with Gasteiger partial charge in [-0.1, -0.05) is 13.0 Å². The standard InChI is InChI=1S/C32H48N6O4/c1-6-19-41-22-29(34-5)35-17-15-23-13-14-27-26(20-24(33)21-37-27)25(23)11-7-9-16-36-30(39)28-12-8-10-18-38(28)31(40)42-32(2,3)4/h13-14,17,20-21,28H,6-12,15-16,18-19,22,33H2,1-5H3,(H,36,39)/b34-29-,35-17-. The Bertz CT molecular complexity index is 1250. The summed E-state index contributed by atoms with van der Waals surface area (Å²) in [5.74, 6) is 0.548. The van der Waals surface area contributed by atoms with Crippen molar-refractivity contribution in [3.8, 4) is 0 Å². The van der Waals surface area contributed by atoms with E-state index in [1.165, 1.54) is 5.56 Å². The lowest BCUT2D eigenvalue weighted by Crippen LogP contribution is -2.53. The highest BCUT2D eigenvalue weighted by molar-refractivity contribution is 5.92. The Morgan fingerprint density at radius 1 is 1.24 bits per heavy atom. The van der Waals surface area contributed by atoms with Crippen LogP contribution in [0.4, 0.5) is 10.5 Å². The minimum atomic E-state index is -0.600. The fourth-order valence-corrected chi connectivity index (χ4v) is 5.02. The SMILES string of the molecule is CCCOCC(/N=C\Cc1ccc2ncc(N)cc2c1CCCCNC(=O)C1CCCCN1C(=O)OC(C)(C)C)=N/C. The second-order valence-electron chi connectivity index (χ2n) is 11.7. The number of amidine groups is 1. The Morgan fingerprint density at radius 3 is 2.79 bits per heavy atom. The average molecular weight is 581 g/mol. The lowest BCUT2D eigenvalue weighted by Gasteiger charge is -2.35. The molecule has 2 heterocycles. The van der Waals surface area contributed by atoms with Crippen molar-refractivity contribution in [3.05, 3.63) is 35.5 Å². The molecule has 10 nitrogen and oxygen atoms in total. The number of pyridine rings is 1. The number of nitrogens with two attached hydrogens (primary N) is 1. The number of benzene rings is 1. The first-order chi connectivity index (χ1) is 20.1. The van der Waals surface area contributed by atoms with E-state index in [1.54, 1.807) is 18.1 Å². The summed E-state index contributed by atoms with van der Waals surface area (Å²) in [6.07, 6.45) is 9.64. The number of ether oxygens (including phenoxy) is 2. The van der Waals surface area contributed by atoms with Crippen molar-refractivity contribution in [2.24, 2.45) is 9.98 Å². The normalized spacial score (nSPS) is 16.3. The molecule has 0 aliphatic carbocycles. The maximum absolute atomic E-state index is 13.0. The van der Waals surface area contributed by atoms with Crippen molar-refractivity contribution < 1.29 is 19.1 Å². The van der Waals surface area contributed by atoms with Gasteiger partial charge in [0.2, 0.25) is 5.91 Å². The van der Waals surface area contributed by atoms with Gasteiger partial charge in [0.25, 0.3) is 0 Å². The first-order valence-corrected chi connectivity index (χ1v) is 15.1. The van der Waals surface area contributed by atoms with E-state index in [0.717, 1.165) is 55.0 Å². The summed E-state index contributed by atoms with van der Waals surface area (Å²) >= 11 is 0. The van der Waals surface area contributed by atoms with Crippen LogP contribution in [0.5, 0.6) is 0 Å². The van der Waals surface area contributed by atoms with Crippen LogP contribution in [0.15, 0.2) is 34.4 Å². The molecule has 1 fully saturated rings. The van der Waals surface area contributed by atoms with E-state index in [4.69, 9.17) is 15.2 Å². The van der Waals surface area contributed by atoms with Crippen molar-refractivity contribution in [2.75, 3.05) is 39.1 Å². The summed E-state index contributed by atoms with van der Waals surface area (Å²) in [7, 11) is 1.72. The number of carbonyl (C=O) groups is 2. The number of aromatic nitrogens is 1. The number of piperidine rings is 1. The highest BCUT2D eigenvalue weighted by Gasteiger charge is 2.34. The first kappa shape index (κ1) is 33.0. The molecule has 3 N–H and O–H groups in total. The van der Waals surface area contributed by atoms with Crippen LogP contribution >= 0.6 is 0 Å². The number of aliphatic imine (C=N–C) groups is 2. The monoisotopic (exact) mass is 580 g/mol. The molecule has 10 heteroatoms. The summed E-state index contributed by atoms with van der Waals surface area (Å²) in [4.78, 5) is 40.6. The summed E-state index contributed by atoms with van der Waals surface area (Å²) < 4.78 is 11.1. The third kappa shape index (κ3) is 10.1. The second kappa shape index (κ2) is 16.2. The van der Waals surface area contributed by atoms with Crippen LogP contribution in [-0.2, 0) is 27.1 Å². The molecule has 1 unspecified atom stereocenters. The Kier molecular flexibility index (Phi) is 12.7. The van der Waals surface area contributed by atoms with Gasteiger partial charge < -0.3 is 20.5 Å². The van der Waals surface area contributed by atoms with Crippen LogP contribution in [0.1, 0.15) is 77.3 Å². The Balaban J connectivity index is 1.61. The molecule has 0 saturated carbocycles. The van der Waals surface area contributed by atoms with Gasteiger partial charge in [-0.25, -0.2) is 9.79 Å². The highest BCUT2D eigenvalue weighted by atomic mass is 16.6. The Labute approximate surface area is 250 Å². The maximum Gasteiger partial charge on any atom is 0.410 e. The molecule has 0 bridgehead atoms. The van der Waals surface area contributed by atoms with Crippen molar-refractivity contribution >= 4 is 40.6 Å². The minimum Gasteiger partial charge on any atom is -0.444 e. The number of hydrogen-bond acceptors (Lipinski definition) is 7. The summed E-state index contributed by atoms with van der Waals surface area (Å²) in [5, 5.41) is 4.09. The van der Waals surface area contributed by atoms with E-state index in [0.29, 0.717) is 50.7 Å². The molecule has 0 spiro atoms. The van der Waals surface area contributed by atoms with Gasteiger partial charge in [0.1, 0.15) is 24.1 Å². The molecule has 2 aromatic rings. The van der Waals surface area contributed by atoms with Gasteiger partial charge in [0.05, 0.1) is 17.4 Å². The largest absolute Gasteiger partial charge is 0.444 e. The Morgan fingerprint density at radius 2 is 2.05 bits per heavy atom. The fourth-order valence-electron chi connectivity index (χ4n) is 5.02. The van der Waals surface area contributed by atoms with Gasteiger partial charge in [-0.2, -0.15) is 0 Å². The number of nitrogens with one attached hydrogen (secondary N) is 1. The van der Waals surface area contributed by atoms with Gasteiger partial charge in [-0.15, -0.1) is 0 Å². The molecule has 1 saturated heterocycles. The molecule has 0 radical (unpaired) electrons. The number of carbonyl (C=O) groups excluding carboxylic acids is 2. The molecule has 1 aromatic carbocycles. The number of fused-ring (bicyclic) bond motifs is 1. The predicted molar refractivity (Wildman–Crippen MR) is 169 cm³/mol. The number of rotatable bonds is 12. The second-order valence-corrected chi connectivity index (χ2v) is 11.7. The van der Waals surface area contributed by atoms with Gasteiger partial charge in [-0.3, -0.25) is 19.7 Å². The van der Waals surface area contributed by atoms with E-state index in [9.17, 15) is 9.59 Å². The van der Waals surface area contributed by atoms with Gasteiger partial charge in [0, 0.05) is 44.8 Å². The van der Waals surface area contributed by atoms with Gasteiger partial charge >= 0.3 is 6.09 Å². The topological polar surface area (TPSA) is 132 Å². The predicted octanol–water partition coefficient (Wildman–Crippen LogP) is 5.11. The molecular formula is C32H48N6O4. The van der Waals surface area contributed by atoms with Crippen LogP contribution in [0.2, 0.25) is 0 Å². The van der Waals surface area contributed by atoms with E-state index >= 15 is 0 Å². The molecule has 42 heavy (non-hydrogen) atoms. The highest BCUT2D eigenvalue weighted by Crippen LogP contribution is 2.25. The smallest absolute Gasteiger partial charge is 0.410 e. The van der Waals surface area contributed by atoms with Crippen molar-refractivity contribution in [1.29, 1.82) is 0 Å². The lowest BCUT2D eigenvalue weighted by atomic mass is 9.95. The molecule has 1 aliphatic rings. The van der Waals surface area contributed by atoms with Crippen molar-refractivity contribution in [3.63, 3.8) is 0 Å². The van der Waals surface area contributed by atoms with Crippen molar-refractivity contribution in [1.82, 2.24) is 15.2 Å². The minimum absolute atomic E-state index is 0.115. The quantitative estimate of drug-likeness (QED) is 0.204. The zero-order valence-corrected chi connectivity index (χ0v) is 25.9. The summed E-state index contributed by atoms with van der Waals surface area (Å²) in [6.45, 7) is 9.73. The van der Waals surface area contributed by atoms with Crippen LogP contribution in [-0.4, -0.2) is 78.9 Å². The fraction of sp³-hybridized carbons (Fsp3) is 0.594. The van der Waals surface area contributed by atoms with E-state index in [2.05, 4.69) is 33.3 Å². The first-order valence-electron chi connectivity index (χ1n) is 15.1. The van der Waals surface area contributed by atoms with E-state index < -0.39 is 17.7 Å². The number of nitrogens with zero attached hydrogens (tertiary/aromatic N) is 4. The molecule has 230 valence electrons. The van der Waals surface area contributed by atoms with Crippen LogP contribution in [0, 0.1) is 0 Å². The molecule has 1 atom stereocenters. The average Bonchev–Trinajstić information content (AvgIpc) is 2.95. The van der Waals surface area contributed by atoms with Crippen molar-refractivity contribution in [2.45, 2.75) is 90.7 Å². The molecular weight excluding hydrogens is 532 g/mol. The number of aryl methyl sites for hydroxylation is 1. The number of unbranched alkanes of at least 4 members (excludes halogenated alkanes) is 1. The van der Waals surface area contributed by atoms with Crippen LogP contribution in [0.25, 0.3) is 10.9 Å². The summed E-state index contributed by atoms with van der Waals surface area (Å²) in [6, 6.07) is 5.60. The number of hydrogen-bond donors (Lipinski definition) is 2. The zero-order chi connectivity index (χ0) is 30.5. The Hall–Kier alpha value is -3.53. The zero-order valence-electron chi connectivity index (χ0n) is 25.9. The van der Waals surface area contributed by atoms with Gasteiger partial charge in [0.15, 0.2) is 0 Å². The lowest BCUT2D eigenvalue weighted by molar-refractivity contribution is -0.127. The number of amides is 2. The molecule has 1 aliphatic heterocycles. The number of anilines is 1. The van der Waals surface area contributed by atoms with Crippen LogP contribution in [0.3, 0.4) is 0 Å². The van der Waals surface area contributed by atoms with E-state index in [1.807, 2.05) is 39.1 Å². The number of likely N-dealkylation sites (tertiary alicyclic amines) is 1. The third-order valence-corrected chi connectivity index (χ3v) is 7.07. The third-order valence-electron chi connectivity index (χ3n) is 7.07. The van der Waals surface area contributed by atoms with Crippen LogP contribution < -0.4 is 11.1 Å².